The maximum absolute atomic E-state index is 14.3. The predicted molar refractivity (Wildman–Crippen MR) is 168 cm³/mol. The van der Waals surface area contributed by atoms with Crippen molar-refractivity contribution in [3.05, 3.63) is 101 Å². The number of likely N-dealkylation sites (tertiary alicyclic amines) is 1. The molecule has 7 nitrogen and oxygen atoms in total. The Bertz CT molecular complexity index is 1930. The number of benzene rings is 2. The molecule has 2 aliphatic heterocycles. The first-order chi connectivity index (χ1) is 21.0. The summed E-state index contributed by atoms with van der Waals surface area (Å²) in [4.78, 5) is 22.9. The standard InChI is InChI=1S/C34H29FN6OS/c1-3-30(42)40-13-9-26(10-14-40)41-20-24(19-38-41)33-31(27-7-6-25(35)17-29(27)36-2)34-28(11-15-43-34)32(39-33)22-4-5-23-18-37-12-8-21(23)16-22/h3-7,11,15-17,19-20,26,37H,1,8-10,12-14,18H2. The number of amides is 1. The highest BCUT2D eigenvalue weighted by atomic mass is 32.1. The monoisotopic (exact) mass is 588 g/mol. The van der Waals surface area contributed by atoms with E-state index in [0.29, 0.717) is 24.3 Å². The van der Waals surface area contributed by atoms with Crippen molar-refractivity contribution in [2.24, 2.45) is 0 Å². The lowest BCUT2D eigenvalue weighted by atomic mass is 9.93. The smallest absolute Gasteiger partial charge is 0.245 e. The second-order valence-corrected chi connectivity index (χ2v) is 11.9. The Morgan fingerprint density at radius 3 is 2.79 bits per heavy atom. The molecule has 0 saturated carbocycles. The van der Waals surface area contributed by atoms with E-state index in [1.54, 1.807) is 17.4 Å². The number of carbonyl (C=O) groups is 1. The quantitative estimate of drug-likeness (QED) is 0.175. The van der Waals surface area contributed by atoms with Gasteiger partial charge in [0.25, 0.3) is 0 Å². The van der Waals surface area contributed by atoms with Gasteiger partial charge in [0.2, 0.25) is 5.91 Å². The number of hydrogen-bond acceptors (Lipinski definition) is 5. The number of nitrogens with zero attached hydrogens (tertiary/aromatic N) is 5. The molecule has 0 spiro atoms. The van der Waals surface area contributed by atoms with E-state index in [-0.39, 0.29) is 17.6 Å². The van der Waals surface area contributed by atoms with Crippen molar-refractivity contribution in [1.29, 1.82) is 0 Å². The van der Waals surface area contributed by atoms with E-state index >= 15 is 0 Å². The van der Waals surface area contributed by atoms with Crippen LogP contribution in [0.2, 0.25) is 0 Å². The summed E-state index contributed by atoms with van der Waals surface area (Å²) >= 11 is 1.60. The van der Waals surface area contributed by atoms with Gasteiger partial charge in [0.05, 0.1) is 30.2 Å². The van der Waals surface area contributed by atoms with Crippen LogP contribution < -0.4 is 5.32 Å². The predicted octanol–water partition coefficient (Wildman–Crippen LogP) is 7.18. The second kappa shape index (κ2) is 11.2. The third-order valence-corrected chi connectivity index (χ3v) is 9.46. The number of piperidine rings is 1. The number of rotatable bonds is 5. The molecule has 5 heterocycles. The van der Waals surface area contributed by atoms with Gasteiger partial charge >= 0.3 is 0 Å². The van der Waals surface area contributed by atoms with E-state index in [4.69, 9.17) is 16.7 Å². The molecule has 0 bridgehead atoms. The zero-order valence-electron chi connectivity index (χ0n) is 23.5. The first-order valence-corrected chi connectivity index (χ1v) is 15.3. The molecule has 7 rings (SSSR count). The minimum absolute atomic E-state index is 0.0430. The summed E-state index contributed by atoms with van der Waals surface area (Å²) in [5.41, 5.74) is 7.83. The number of carbonyl (C=O) groups excluding carboxylic acids is 1. The summed E-state index contributed by atoms with van der Waals surface area (Å²) in [6.07, 6.45) is 7.76. The Morgan fingerprint density at radius 1 is 1.12 bits per heavy atom. The van der Waals surface area contributed by atoms with Gasteiger partial charge in [-0.15, -0.1) is 11.3 Å². The highest BCUT2D eigenvalue weighted by Gasteiger charge is 2.26. The van der Waals surface area contributed by atoms with Crippen molar-refractivity contribution in [1.82, 2.24) is 25.0 Å². The number of pyridine rings is 1. The molecule has 1 fully saturated rings. The maximum Gasteiger partial charge on any atom is 0.245 e. The molecule has 1 amide bonds. The SMILES string of the molecule is [C-]#[N+]c1cc(F)ccc1-c1c(-c2cnn(C3CCN(C(=O)C=C)CC3)c2)nc(-c2ccc3c(c2)CCNC3)c2ccsc12. The Hall–Kier alpha value is -4.65. The molecule has 0 atom stereocenters. The minimum atomic E-state index is -0.444. The fraction of sp³-hybridized carbons (Fsp3) is 0.235. The van der Waals surface area contributed by atoms with E-state index < -0.39 is 5.82 Å². The van der Waals surface area contributed by atoms with E-state index in [9.17, 15) is 9.18 Å². The van der Waals surface area contributed by atoms with Gasteiger partial charge in [-0.25, -0.2) is 14.2 Å². The average Bonchev–Trinajstić information content (AvgIpc) is 3.74. The molecule has 0 unspecified atom stereocenters. The van der Waals surface area contributed by atoms with Crippen molar-refractivity contribution in [3.8, 4) is 33.6 Å². The Morgan fingerprint density at radius 2 is 1.98 bits per heavy atom. The zero-order valence-corrected chi connectivity index (χ0v) is 24.3. The van der Waals surface area contributed by atoms with Gasteiger partial charge in [-0.1, -0.05) is 24.8 Å². The summed E-state index contributed by atoms with van der Waals surface area (Å²) in [6, 6.07) is 13.2. The second-order valence-electron chi connectivity index (χ2n) is 11.0. The van der Waals surface area contributed by atoms with Crippen LogP contribution in [-0.4, -0.2) is 45.2 Å². The van der Waals surface area contributed by atoms with Crippen LogP contribution in [0.25, 0.3) is 48.6 Å². The molecule has 3 aromatic heterocycles. The molecule has 9 heteroatoms. The lowest BCUT2D eigenvalue weighted by Crippen LogP contribution is -2.38. The van der Waals surface area contributed by atoms with Crippen molar-refractivity contribution in [2.75, 3.05) is 19.6 Å². The number of halogens is 1. The highest BCUT2D eigenvalue weighted by molar-refractivity contribution is 7.18. The molecular weight excluding hydrogens is 559 g/mol. The zero-order chi connectivity index (χ0) is 29.5. The highest BCUT2D eigenvalue weighted by Crippen LogP contribution is 2.46. The summed E-state index contributed by atoms with van der Waals surface area (Å²) in [6.45, 7) is 14.6. The first kappa shape index (κ1) is 27.2. The fourth-order valence-electron chi connectivity index (χ4n) is 6.28. The van der Waals surface area contributed by atoms with Crippen molar-refractivity contribution in [2.45, 2.75) is 31.8 Å². The molecule has 43 heavy (non-hydrogen) atoms. The third kappa shape index (κ3) is 4.92. The number of hydrogen-bond donors (Lipinski definition) is 1. The molecule has 1 saturated heterocycles. The molecule has 5 aromatic rings. The molecule has 2 aliphatic rings. The fourth-order valence-corrected chi connectivity index (χ4v) is 7.23. The van der Waals surface area contributed by atoms with Crippen LogP contribution in [0, 0.1) is 12.4 Å². The van der Waals surface area contributed by atoms with Crippen LogP contribution in [-0.2, 0) is 17.8 Å². The van der Waals surface area contributed by atoms with Crippen molar-refractivity contribution in [3.63, 3.8) is 0 Å². The van der Waals surface area contributed by atoms with Crippen molar-refractivity contribution < 1.29 is 9.18 Å². The van der Waals surface area contributed by atoms with Gasteiger partial charge in [0, 0.05) is 52.6 Å². The minimum Gasteiger partial charge on any atom is -0.339 e. The molecule has 1 N–H and O–H groups in total. The molecule has 0 aliphatic carbocycles. The van der Waals surface area contributed by atoms with Crippen LogP contribution >= 0.6 is 11.3 Å². The Labute approximate surface area is 253 Å². The number of aromatic nitrogens is 3. The topological polar surface area (TPSA) is 67.4 Å². The summed E-state index contributed by atoms with van der Waals surface area (Å²) in [5, 5.41) is 11.2. The van der Waals surface area contributed by atoms with Crippen LogP contribution in [0.1, 0.15) is 30.0 Å². The molecule has 214 valence electrons. The van der Waals surface area contributed by atoms with E-state index in [2.05, 4.69) is 41.0 Å². The van der Waals surface area contributed by atoms with Gasteiger partial charge in [0.15, 0.2) is 5.69 Å². The van der Waals surface area contributed by atoms with E-state index in [0.717, 1.165) is 64.8 Å². The van der Waals surface area contributed by atoms with Crippen molar-refractivity contribution >= 4 is 33.0 Å². The molecular formula is C34H29FN6OS. The largest absolute Gasteiger partial charge is 0.339 e. The number of nitrogens with one attached hydrogen (secondary N) is 1. The lowest BCUT2D eigenvalue weighted by Gasteiger charge is -2.31. The van der Waals surface area contributed by atoms with Gasteiger partial charge in [-0.2, -0.15) is 5.10 Å². The van der Waals surface area contributed by atoms with Crippen LogP contribution in [0.5, 0.6) is 0 Å². The Kier molecular flexibility index (Phi) is 7.09. The number of fused-ring (bicyclic) bond motifs is 2. The van der Waals surface area contributed by atoms with Gasteiger partial charge in [-0.05, 0) is 78.2 Å². The summed E-state index contributed by atoms with van der Waals surface area (Å²) < 4.78 is 17.2. The van der Waals surface area contributed by atoms with E-state index in [1.165, 1.54) is 29.3 Å². The first-order valence-electron chi connectivity index (χ1n) is 14.4. The van der Waals surface area contributed by atoms with E-state index in [1.807, 2.05) is 27.4 Å². The van der Waals surface area contributed by atoms with Crippen LogP contribution in [0.4, 0.5) is 10.1 Å². The van der Waals surface area contributed by atoms with Gasteiger partial charge in [0.1, 0.15) is 5.82 Å². The van der Waals surface area contributed by atoms with Crippen LogP contribution in [0.15, 0.2) is 72.9 Å². The van der Waals surface area contributed by atoms with Gasteiger partial charge in [-0.3, -0.25) is 9.48 Å². The maximum atomic E-state index is 14.3. The third-order valence-electron chi connectivity index (χ3n) is 8.52. The lowest BCUT2D eigenvalue weighted by molar-refractivity contribution is -0.127. The molecule has 0 radical (unpaired) electrons. The number of thiophene rings is 1. The summed E-state index contributed by atoms with van der Waals surface area (Å²) in [7, 11) is 0. The average molecular weight is 589 g/mol. The van der Waals surface area contributed by atoms with Gasteiger partial charge < -0.3 is 10.2 Å². The summed E-state index contributed by atoms with van der Waals surface area (Å²) in [5.74, 6) is -0.487. The molecule has 2 aromatic carbocycles. The Balaban J connectivity index is 1.38. The normalized spacial score (nSPS) is 15.3. The van der Waals surface area contributed by atoms with Crippen LogP contribution in [0.3, 0.4) is 0 Å².